The van der Waals surface area contributed by atoms with Crippen LogP contribution in [0.3, 0.4) is 0 Å². The molecule has 2 atom stereocenters. The molecule has 0 saturated carbocycles. The Morgan fingerprint density at radius 2 is 2.00 bits per heavy atom. The van der Waals surface area contributed by atoms with Crippen LogP contribution in [0.15, 0.2) is 30.3 Å². The number of methoxy groups -OCH3 is 1. The van der Waals surface area contributed by atoms with Gasteiger partial charge in [-0.1, -0.05) is 23.7 Å². The first-order valence-electron chi connectivity index (χ1n) is 6.51. The van der Waals surface area contributed by atoms with Crippen LogP contribution in [0, 0.1) is 5.92 Å². The maximum absolute atomic E-state index is 11.9. The van der Waals surface area contributed by atoms with Crippen molar-refractivity contribution in [3.8, 4) is 0 Å². The van der Waals surface area contributed by atoms with Gasteiger partial charge in [-0.15, -0.1) is 11.8 Å². The highest BCUT2D eigenvalue weighted by Crippen LogP contribution is 2.35. The van der Waals surface area contributed by atoms with E-state index >= 15 is 0 Å². The zero-order valence-corrected chi connectivity index (χ0v) is 13.4. The van der Waals surface area contributed by atoms with E-state index in [9.17, 15) is 4.79 Å². The maximum atomic E-state index is 11.9. The van der Waals surface area contributed by atoms with Gasteiger partial charge in [-0.3, -0.25) is 4.79 Å². The summed E-state index contributed by atoms with van der Waals surface area (Å²) < 4.78 is 4.91. The molecule has 1 aromatic rings. The Bertz CT molecular complexity index is 513. The number of quaternary nitrogens is 1. The lowest BCUT2D eigenvalue weighted by Crippen LogP contribution is -3.11. The molecule has 0 aliphatic carbocycles. The molecule has 0 spiro atoms. The van der Waals surface area contributed by atoms with Crippen LogP contribution in [0.25, 0.3) is 4.91 Å². The van der Waals surface area contributed by atoms with Gasteiger partial charge in [-0.25, -0.2) is 0 Å². The van der Waals surface area contributed by atoms with Crippen LogP contribution in [-0.2, 0) is 9.53 Å². The van der Waals surface area contributed by atoms with E-state index in [1.165, 1.54) is 16.9 Å². The first-order chi connectivity index (χ1) is 9.52. The quantitative estimate of drug-likeness (QED) is 0.862. The highest BCUT2D eigenvalue weighted by Gasteiger charge is 2.36. The molecule has 1 heterocycles. The fraction of sp³-hybridized carbons (Fsp3) is 0.400. The lowest BCUT2D eigenvalue weighted by molar-refractivity contribution is -0.881. The average molecular weight is 313 g/mol. The molecule has 0 unspecified atom stereocenters. The lowest BCUT2D eigenvalue weighted by Gasteiger charge is -2.30. The Hall–Kier alpha value is -0.970. The van der Waals surface area contributed by atoms with E-state index in [2.05, 4.69) is 20.2 Å². The minimum Gasteiger partial charge on any atom is -0.469 e. The van der Waals surface area contributed by atoms with Gasteiger partial charge in [0.25, 0.3) is 0 Å². The molecule has 0 amide bonds. The molecular weight excluding hydrogens is 294 g/mol. The van der Waals surface area contributed by atoms with E-state index in [4.69, 9.17) is 16.3 Å². The van der Waals surface area contributed by atoms with E-state index < -0.39 is 0 Å². The van der Waals surface area contributed by atoms with Crippen molar-refractivity contribution >= 4 is 34.2 Å². The van der Waals surface area contributed by atoms with Crippen LogP contribution in [-0.4, -0.2) is 39.0 Å². The molecule has 0 bridgehead atoms. The molecule has 20 heavy (non-hydrogen) atoms. The third kappa shape index (κ3) is 3.37. The molecular formula is C15H19ClNO2S+. The van der Waals surface area contributed by atoms with Crippen LogP contribution in [0.4, 0.5) is 0 Å². The Balaban J connectivity index is 2.28. The highest BCUT2D eigenvalue weighted by atomic mass is 35.5. The largest absolute Gasteiger partial charge is 0.469 e. The number of likely N-dealkylation sites (N-methyl/N-ethyl adjacent to an activating group) is 1. The number of carbonyl (C=O) groups excluding carboxylic acids is 1. The SMILES string of the molecule is COC(=O)[C@@H]1CSC(c2ccc(Cl)cc2)=C[C@H]1[NH+](C)C. The van der Waals surface area contributed by atoms with Crippen molar-refractivity contribution in [2.45, 2.75) is 6.04 Å². The van der Waals surface area contributed by atoms with Gasteiger partial charge in [0.15, 0.2) is 0 Å². The molecule has 3 nitrogen and oxygen atoms in total. The van der Waals surface area contributed by atoms with E-state index in [0.717, 1.165) is 16.3 Å². The Morgan fingerprint density at radius 1 is 1.35 bits per heavy atom. The first-order valence-corrected chi connectivity index (χ1v) is 7.87. The first kappa shape index (κ1) is 15.4. The van der Waals surface area contributed by atoms with Gasteiger partial charge >= 0.3 is 5.97 Å². The average Bonchev–Trinajstić information content (AvgIpc) is 2.46. The minimum absolute atomic E-state index is 0.0916. The number of rotatable bonds is 3. The second-order valence-corrected chi connectivity index (χ2v) is 6.58. The third-order valence-corrected chi connectivity index (χ3v) is 4.94. The van der Waals surface area contributed by atoms with Crippen LogP contribution in [0.1, 0.15) is 5.56 Å². The number of hydrogen-bond donors (Lipinski definition) is 1. The topological polar surface area (TPSA) is 30.7 Å². The number of carbonyl (C=O) groups is 1. The molecule has 0 saturated heterocycles. The summed E-state index contributed by atoms with van der Waals surface area (Å²) in [7, 11) is 5.58. The predicted molar refractivity (Wildman–Crippen MR) is 84.0 cm³/mol. The van der Waals surface area contributed by atoms with E-state index in [1.807, 2.05) is 24.3 Å². The van der Waals surface area contributed by atoms with Crippen LogP contribution in [0.2, 0.25) is 5.02 Å². The molecule has 0 radical (unpaired) electrons. The summed E-state index contributed by atoms with van der Waals surface area (Å²) in [5.74, 6) is 0.526. The van der Waals surface area contributed by atoms with E-state index in [0.29, 0.717) is 0 Å². The Labute approximate surface area is 128 Å². The third-order valence-electron chi connectivity index (χ3n) is 3.48. The number of benzene rings is 1. The van der Waals surface area contributed by atoms with Crippen molar-refractivity contribution in [2.24, 2.45) is 5.92 Å². The van der Waals surface area contributed by atoms with E-state index in [1.54, 1.807) is 11.8 Å². The molecule has 0 fully saturated rings. The smallest absolute Gasteiger partial charge is 0.315 e. The lowest BCUT2D eigenvalue weighted by atomic mass is 9.98. The Morgan fingerprint density at radius 3 is 2.55 bits per heavy atom. The van der Waals surface area contributed by atoms with Gasteiger partial charge in [-0.2, -0.15) is 0 Å². The van der Waals surface area contributed by atoms with Gasteiger partial charge in [0.05, 0.1) is 21.2 Å². The molecule has 5 heteroatoms. The normalized spacial score (nSPS) is 22.6. The van der Waals surface area contributed by atoms with Crippen molar-refractivity contribution in [1.29, 1.82) is 0 Å². The monoisotopic (exact) mass is 312 g/mol. The fourth-order valence-corrected chi connectivity index (χ4v) is 3.71. The molecule has 2 rings (SSSR count). The maximum Gasteiger partial charge on any atom is 0.315 e. The van der Waals surface area contributed by atoms with Gasteiger partial charge in [-0.05, 0) is 23.8 Å². The van der Waals surface area contributed by atoms with Crippen molar-refractivity contribution in [3.63, 3.8) is 0 Å². The summed E-state index contributed by atoms with van der Waals surface area (Å²) in [5, 5.41) is 0.734. The van der Waals surface area contributed by atoms with Crippen molar-refractivity contribution in [1.82, 2.24) is 0 Å². The standard InChI is InChI=1S/C15H18ClNO2S/c1-17(2)13-8-14(10-4-6-11(16)7-5-10)20-9-12(13)15(18)19-3/h4-8,12-13H,9H2,1-3H3/p+1/t12-,13-/m1/s1. The summed E-state index contributed by atoms with van der Waals surface area (Å²) in [6.45, 7) is 0. The minimum atomic E-state index is -0.130. The Kier molecular flexibility index (Phi) is 5.13. The second kappa shape index (κ2) is 6.66. The summed E-state index contributed by atoms with van der Waals surface area (Å²) in [6, 6.07) is 7.95. The molecule has 1 aromatic carbocycles. The number of halogens is 1. The van der Waals surface area contributed by atoms with Gasteiger partial charge in [0, 0.05) is 15.7 Å². The summed E-state index contributed by atoms with van der Waals surface area (Å²) in [6.07, 6.45) is 2.17. The molecule has 108 valence electrons. The molecule has 0 aromatic heterocycles. The zero-order valence-electron chi connectivity index (χ0n) is 11.9. The van der Waals surface area contributed by atoms with Crippen molar-refractivity contribution in [2.75, 3.05) is 27.0 Å². The molecule has 1 aliphatic heterocycles. The van der Waals surface area contributed by atoms with Crippen molar-refractivity contribution < 1.29 is 14.4 Å². The second-order valence-electron chi connectivity index (χ2n) is 5.08. The van der Waals surface area contributed by atoms with Crippen molar-refractivity contribution in [3.05, 3.63) is 40.9 Å². The summed E-state index contributed by atoms with van der Waals surface area (Å²) >= 11 is 7.62. The zero-order chi connectivity index (χ0) is 14.7. The van der Waals surface area contributed by atoms with Gasteiger partial charge < -0.3 is 9.64 Å². The fourth-order valence-electron chi connectivity index (χ4n) is 2.34. The number of thioether (sulfide) groups is 1. The molecule has 1 N–H and O–H groups in total. The van der Waals surface area contributed by atoms with Crippen LogP contribution >= 0.6 is 23.4 Å². The number of nitrogens with one attached hydrogen (secondary N) is 1. The number of esters is 1. The van der Waals surface area contributed by atoms with Gasteiger partial charge in [0.2, 0.25) is 0 Å². The van der Waals surface area contributed by atoms with E-state index in [-0.39, 0.29) is 17.9 Å². The summed E-state index contributed by atoms with van der Waals surface area (Å²) in [5.41, 5.74) is 1.15. The number of hydrogen-bond acceptors (Lipinski definition) is 3. The highest BCUT2D eigenvalue weighted by molar-refractivity contribution is 8.08. The summed E-state index contributed by atoms with van der Waals surface area (Å²) in [4.78, 5) is 14.3. The molecule has 1 aliphatic rings. The van der Waals surface area contributed by atoms with Crippen LogP contribution < -0.4 is 4.90 Å². The van der Waals surface area contributed by atoms with Gasteiger partial charge in [0.1, 0.15) is 12.0 Å². The van der Waals surface area contributed by atoms with Crippen LogP contribution in [0.5, 0.6) is 0 Å². The number of ether oxygens (including phenoxy) is 1. The predicted octanol–water partition coefficient (Wildman–Crippen LogP) is 1.73.